The zero-order chi connectivity index (χ0) is 18.7. The van der Waals surface area contributed by atoms with Crippen molar-refractivity contribution in [3.63, 3.8) is 0 Å². The molecule has 1 amide bonds. The molecule has 2 aromatic rings. The fourth-order valence-corrected chi connectivity index (χ4v) is 4.17. The predicted octanol–water partition coefficient (Wildman–Crippen LogP) is 2.20. The van der Waals surface area contributed by atoms with E-state index in [0.717, 1.165) is 17.7 Å². The van der Waals surface area contributed by atoms with Crippen LogP contribution in [0.4, 0.5) is 5.69 Å². The second kappa shape index (κ2) is 7.57. The highest BCUT2D eigenvalue weighted by molar-refractivity contribution is 7.89. The van der Waals surface area contributed by atoms with Crippen molar-refractivity contribution in [2.45, 2.75) is 24.3 Å². The number of hydrogen-bond donors (Lipinski definition) is 1. The minimum Gasteiger partial charge on any atom is -0.383 e. The monoisotopic (exact) mass is 374 g/mol. The Morgan fingerprint density at radius 1 is 1.19 bits per heavy atom. The summed E-state index contributed by atoms with van der Waals surface area (Å²) in [5.41, 5.74) is 2.53. The van der Waals surface area contributed by atoms with Gasteiger partial charge in [-0.3, -0.25) is 4.79 Å². The van der Waals surface area contributed by atoms with E-state index in [1.807, 2.05) is 31.2 Å². The molecule has 0 radical (unpaired) electrons. The Labute approximate surface area is 153 Å². The Morgan fingerprint density at radius 3 is 2.58 bits per heavy atom. The molecular weight excluding hydrogens is 352 g/mol. The van der Waals surface area contributed by atoms with Crippen LogP contribution in [-0.4, -0.2) is 40.6 Å². The first kappa shape index (κ1) is 18.6. The van der Waals surface area contributed by atoms with Crippen LogP contribution < -0.4 is 9.62 Å². The quantitative estimate of drug-likeness (QED) is 0.787. The Hall–Kier alpha value is -2.22. The molecule has 1 aliphatic rings. The van der Waals surface area contributed by atoms with Crippen molar-refractivity contribution in [2.24, 2.45) is 0 Å². The van der Waals surface area contributed by atoms with E-state index in [1.54, 1.807) is 17.0 Å². The number of benzene rings is 2. The number of rotatable bonds is 6. The molecular formula is C19H22N2O4S. The van der Waals surface area contributed by atoms with Crippen molar-refractivity contribution in [3.05, 3.63) is 59.7 Å². The van der Waals surface area contributed by atoms with Crippen LogP contribution in [0, 0.1) is 0 Å². The maximum atomic E-state index is 12.9. The van der Waals surface area contributed by atoms with Crippen molar-refractivity contribution in [1.29, 1.82) is 0 Å². The molecule has 6 nitrogen and oxygen atoms in total. The fraction of sp³-hybridized carbons (Fsp3) is 0.316. The zero-order valence-electron chi connectivity index (χ0n) is 14.8. The summed E-state index contributed by atoms with van der Waals surface area (Å²) in [6.45, 7) is 2.50. The van der Waals surface area contributed by atoms with Crippen molar-refractivity contribution in [1.82, 2.24) is 4.72 Å². The molecule has 0 spiro atoms. The van der Waals surface area contributed by atoms with Gasteiger partial charge in [0.05, 0.1) is 11.5 Å². The third-order valence-corrected chi connectivity index (χ3v) is 5.91. The molecule has 1 atom stereocenters. The number of sulfonamides is 1. The van der Waals surface area contributed by atoms with Gasteiger partial charge in [0, 0.05) is 30.9 Å². The number of carbonyl (C=O) groups excluding carboxylic acids is 1. The largest absolute Gasteiger partial charge is 0.383 e. The minimum atomic E-state index is -3.61. The summed E-state index contributed by atoms with van der Waals surface area (Å²) in [5.74, 6) is -0.126. The van der Waals surface area contributed by atoms with Crippen LogP contribution in [-0.2, 0) is 21.2 Å². The molecule has 0 unspecified atom stereocenters. The van der Waals surface area contributed by atoms with E-state index in [2.05, 4.69) is 4.72 Å². The third-order valence-electron chi connectivity index (χ3n) is 4.44. The maximum absolute atomic E-state index is 12.9. The van der Waals surface area contributed by atoms with Gasteiger partial charge in [0.25, 0.3) is 5.91 Å². The highest BCUT2D eigenvalue weighted by Crippen LogP contribution is 2.33. The average Bonchev–Trinajstić information content (AvgIpc) is 2.97. The minimum absolute atomic E-state index is 0.0685. The molecule has 0 saturated carbocycles. The summed E-state index contributed by atoms with van der Waals surface area (Å²) < 4.78 is 31.7. The third kappa shape index (κ3) is 3.65. The molecule has 1 N–H and O–H groups in total. The molecule has 138 valence electrons. The molecule has 2 aromatic carbocycles. The van der Waals surface area contributed by atoms with Crippen LogP contribution >= 0.6 is 0 Å². The number of carbonyl (C=O) groups is 1. The first-order valence-electron chi connectivity index (χ1n) is 8.44. The second-order valence-corrected chi connectivity index (χ2v) is 8.04. The normalized spacial score (nSPS) is 16.5. The summed E-state index contributed by atoms with van der Waals surface area (Å²) in [6.07, 6.45) is 0.817. The predicted molar refractivity (Wildman–Crippen MR) is 99.9 cm³/mol. The number of hydrogen-bond acceptors (Lipinski definition) is 4. The number of fused-ring (bicyclic) bond motifs is 1. The number of nitrogens with zero attached hydrogens (tertiary/aromatic N) is 1. The standard InChI is InChI=1S/C19H22N2O4S/c1-14-13-16-5-3-4-6-18(16)21(14)19(22)15-7-9-17(10-8-15)26(23,24)20-11-12-25-2/h3-10,14,20H,11-13H2,1-2H3/t14-/m1/s1. The van der Waals surface area contributed by atoms with E-state index >= 15 is 0 Å². The molecule has 0 saturated heterocycles. The van der Waals surface area contributed by atoms with E-state index in [0.29, 0.717) is 12.2 Å². The zero-order valence-corrected chi connectivity index (χ0v) is 15.6. The smallest absolute Gasteiger partial charge is 0.258 e. The van der Waals surface area contributed by atoms with Crippen LogP contribution in [0.2, 0.25) is 0 Å². The van der Waals surface area contributed by atoms with Gasteiger partial charge in [-0.1, -0.05) is 18.2 Å². The van der Waals surface area contributed by atoms with Gasteiger partial charge >= 0.3 is 0 Å². The first-order valence-corrected chi connectivity index (χ1v) is 9.92. The van der Waals surface area contributed by atoms with E-state index < -0.39 is 10.0 Å². The lowest BCUT2D eigenvalue weighted by Crippen LogP contribution is -2.35. The topological polar surface area (TPSA) is 75.7 Å². The number of anilines is 1. The molecule has 3 rings (SSSR count). The van der Waals surface area contributed by atoms with E-state index in [-0.39, 0.29) is 23.4 Å². The molecule has 0 bridgehead atoms. The van der Waals surface area contributed by atoms with Gasteiger partial charge in [0.2, 0.25) is 10.0 Å². The summed E-state index contributed by atoms with van der Waals surface area (Å²) in [4.78, 5) is 14.8. The molecule has 1 aliphatic heterocycles. The van der Waals surface area contributed by atoms with Gasteiger partial charge in [0.15, 0.2) is 0 Å². The van der Waals surface area contributed by atoms with E-state index in [9.17, 15) is 13.2 Å². The molecule has 1 heterocycles. The summed E-state index contributed by atoms with van der Waals surface area (Å²) in [6, 6.07) is 13.9. The number of ether oxygens (including phenoxy) is 1. The van der Waals surface area contributed by atoms with E-state index in [1.165, 1.54) is 19.2 Å². The lowest BCUT2D eigenvalue weighted by molar-refractivity contribution is 0.0981. The van der Waals surface area contributed by atoms with Gasteiger partial charge < -0.3 is 9.64 Å². The van der Waals surface area contributed by atoms with E-state index in [4.69, 9.17) is 4.74 Å². The summed E-state index contributed by atoms with van der Waals surface area (Å²) in [7, 11) is -2.10. The van der Waals surface area contributed by atoms with Gasteiger partial charge in [-0.25, -0.2) is 13.1 Å². The highest BCUT2D eigenvalue weighted by Gasteiger charge is 2.31. The number of amides is 1. The first-order chi connectivity index (χ1) is 12.4. The van der Waals surface area contributed by atoms with Crippen molar-refractivity contribution in [2.75, 3.05) is 25.2 Å². The Bertz CT molecular complexity index is 894. The SMILES string of the molecule is COCCNS(=O)(=O)c1ccc(C(=O)N2c3ccccc3C[C@H]2C)cc1. The van der Waals surface area contributed by atoms with Crippen molar-refractivity contribution in [3.8, 4) is 0 Å². The molecule has 0 fully saturated rings. The number of para-hydroxylation sites is 1. The number of methoxy groups -OCH3 is 1. The highest BCUT2D eigenvalue weighted by atomic mass is 32.2. The van der Waals surface area contributed by atoms with Crippen LogP contribution in [0.25, 0.3) is 0 Å². The maximum Gasteiger partial charge on any atom is 0.258 e. The van der Waals surface area contributed by atoms with Gasteiger partial charge in [-0.15, -0.1) is 0 Å². The molecule has 0 aromatic heterocycles. The van der Waals surface area contributed by atoms with Crippen LogP contribution in [0.5, 0.6) is 0 Å². The molecule has 26 heavy (non-hydrogen) atoms. The molecule has 7 heteroatoms. The average molecular weight is 374 g/mol. The van der Waals surface area contributed by atoms with Crippen molar-refractivity contribution >= 4 is 21.6 Å². The Balaban J connectivity index is 1.80. The fourth-order valence-electron chi connectivity index (χ4n) is 3.15. The second-order valence-electron chi connectivity index (χ2n) is 6.27. The summed E-state index contributed by atoms with van der Waals surface area (Å²) >= 11 is 0. The van der Waals surface area contributed by atoms with Gasteiger partial charge in [0.1, 0.15) is 0 Å². The van der Waals surface area contributed by atoms with Crippen molar-refractivity contribution < 1.29 is 17.9 Å². The van der Waals surface area contributed by atoms with Crippen LogP contribution in [0.3, 0.4) is 0 Å². The Morgan fingerprint density at radius 2 is 1.88 bits per heavy atom. The van der Waals surface area contributed by atoms with Gasteiger partial charge in [-0.05, 0) is 49.2 Å². The Kier molecular flexibility index (Phi) is 5.41. The lowest BCUT2D eigenvalue weighted by atomic mass is 10.1. The number of nitrogens with one attached hydrogen (secondary N) is 1. The van der Waals surface area contributed by atoms with Crippen LogP contribution in [0.15, 0.2) is 53.4 Å². The van der Waals surface area contributed by atoms with Gasteiger partial charge in [-0.2, -0.15) is 0 Å². The molecule has 0 aliphatic carbocycles. The summed E-state index contributed by atoms with van der Waals surface area (Å²) in [5, 5.41) is 0. The van der Waals surface area contributed by atoms with Crippen LogP contribution in [0.1, 0.15) is 22.8 Å². The lowest BCUT2D eigenvalue weighted by Gasteiger charge is -2.23.